The summed E-state index contributed by atoms with van der Waals surface area (Å²) < 4.78 is 4.72. The third-order valence-corrected chi connectivity index (χ3v) is 4.50. The quantitative estimate of drug-likeness (QED) is 0.787. The number of anilines is 1. The number of esters is 1. The monoisotopic (exact) mass is 268 g/mol. The second-order valence-electron chi connectivity index (χ2n) is 4.58. The first kappa shape index (κ1) is 13.3. The Morgan fingerprint density at radius 3 is 2.83 bits per heavy atom. The summed E-state index contributed by atoms with van der Waals surface area (Å²) in [6.07, 6.45) is 8.05. The van der Waals surface area contributed by atoms with Crippen LogP contribution in [0.15, 0.2) is 6.20 Å². The normalized spacial score (nSPS) is 16.6. The summed E-state index contributed by atoms with van der Waals surface area (Å²) in [5, 5.41) is 0.949. The summed E-state index contributed by atoms with van der Waals surface area (Å²) in [5.74, 6) is -0.293. The van der Waals surface area contributed by atoms with Crippen molar-refractivity contribution in [1.29, 1.82) is 0 Å². The molecule has 0 N–H and O–H groups in total. The van der Waals surface area contributed by atoms with Gasteiger partial charge in [-0.05, 0) is 19.8 Å². The SMILES string of the molecule is CCN(c1ncc(C(=O)OC)s1)C1CCCCC1. The number of thiazole rings is 1. The van der Waals surface area contributed by atoms with E-state index in [1.54, 1.807) is 6.20 Å². The van der Waals surface area contributed by atoms with Gasteiger partial charge in [-0.25, -0.2) is 9.78 Å². The molecule has 1 aromatic heterocycles. The highest BCUT2D eigenvalue weighted by Gasteiger charge is 2.23. The van der Waals surface area contributed by atoms with Crippen LogP contribution >= 0.6 is 11.3 Å². The highest BCUT2D eigenvalue weighted by Crippen LogP contribution is 2.30. The molecule has 1 saturated carbocycles. The van der Waals surface area contributed by atoms with Crippen LogP contribution in [-0.4, -0.2) is 30.6 Å². The van der Waals surface area contributed by atoms with Gasteiger partial charge in [-0.3, -0.25) is 0 Å². The van der Waals surface area contributed by atoms with Crippen LogP contribution in [0.25, 0.3) is 0 Å². The number of rotatable bonds is 4. The average molecular weight is 268 g/mol. The highest BCUT2D eigenvalue weighted by atomic mass is 32.1. The molecule has 18 heavy (non-hydrogen) atoms. The molecule has 100 valence electrons. The van der Waals surface area contributed by atoms with Crippen molar-refractivity contribution in [2.45, 2.75) is 45.1 Å². The van der Waals surface area contributed by atoms with Crippen molar-refractivity contribution in [1.82, 2.24) is 4.98 Å². The van der Waals surface area contributed by atoms with E-state index in [2.05, 4.69) is 16.8 Å². The molecule has 4 nitrogen and oxygen atoms in total. The number of ether oxygens (including phenoxy) is 1. The summed E-state index contributed by atoms with van der Waals surface area (Å²) in [6.45, 7) is 3.09. The molecule has 0 saturated heterocycles. The third kappa shape index (κ3) is 2.83. The summed E-state index contributed by atoms with van der Waals surface area (Å²) >= 11 is 1.43. The van der Waals surface area contributed by atoms with E-state index in [0.29, 0.717) is 10.9 Å². The Morgan fingerprint density at radius 1 is 1.50 bits per heavy atom. The van der Waals surface area contributed by atoms with Gasteiger partial charge in [0.05, 0.1) is 13.3 Å². The fraction of sp³-hybridized carbons (Fsp3) is 0.692. The number of aromatic nitrogens is 1. The van der Waals surface area contributed by atoms with Gasteiger partial charge in [-0.15, -0.1) is 0 Å². The zero-order chi connectivity index (χ0) is 13.0. The van der Waals surface area contributed by atoms with Gasteiger partial charge in [0, 0.05) is 12.6 Å². The third-order valence-electron chi connectivity index (χ3n) is 3.48. The molecule has 0 amide bonds. The zero-order valence-electron chi connectivity index (χ0n) is 11.0. The molecule has 1 aliphatic rings. The van der Waals surface area contributed by atoms with E-state index in [-0.39, 0.29) is 5.97 Å². The van der Waals surface area contributed by atoms with Crippen LogP contribution in [0.5, 0.6) is 0 Å². The summed E-state index contributed by atoms with van der Waals surface area (Å²) in [7, 11) is 1.40. The van der Waals surface area contributed by atoms with Gasteiger partial charge < -0.3 is 9.64 Å². The van der Waals surface area contributed by atoms with Crippen LogP contribution in [0.3, 0.4) is 0 Å². The van der Waals surface area contributed by atoms with Crippen molar-refractivity contribution in [2.24, 2.45) is 0 Å². The van der Waals surface area contributed by atoms with Crippen LogP contribution < -0.4 is 4.90 Å². The Bertz CT molecular complexity index is 399. The van der Waals surface area contributed by atoms with E-state index < -0.39 is 0 Å². The lowest BCUT2D eigenvalue weighted by molar-refractivity contribution is 0.0606. The molecule has 5 heteroatoms. The topological polar surface area (TPSA) is 42.4 Å². The van der Waals surface area contributed by atoms with Crippen molar-refractivity contribution in [3.05, 3.63) is 11.1 Å². The maximum Gasteiger partial charge on any atom is 0.349 e. The lowest BCUT2D eigenvalue weighted by Crippen LogP contribution is -2.36. The predicted molar refractivity (Wildman–Crippen MR) is 73.3 cm³/mol. The Hall–Kier alpha value is -1.10. The Morgan fingerprint density at radius 2 is 2.22 bits per heavy atom. The van der Waals surface area contributed by atoms with Crippen LogP contribution in [-0.2, 0) is 4.74 Å². The van der Waals surface area contributed by atoms with Gasteiger partial charge in [0.2, 0.25) is 0 Å². The molecule has 0 aromatic carbocycles. The van der Waals surface area contributed by atoms with Crippen LogP contribution in [0.1, 0.15) is 48.7 Å². The fourth-order valence-electron chi connectivity index (χ4n) is 2.54. The first-order valence-electron chi connectivity index (χ1n) is 6.57. The van der Waals surface area contributed by atoms with Crippen LogP contribution in [0.2, 0.25) is 0 Å². The van der Waals surface area contributed by atoms with Crippen molar-refractivity contribution < 1.29 is 9.53 Å². The van der Waals surface area contributed by atoms with Crippen molar-refractivity contribution in [3.8, 4) is 0 Å². The molecule has 1 aliphatic carbocycles. The highest BCUT2D eigenvalue weighted by molar-refractivity contribution is 7.17. The van der Waals surface area contributed by atoms with Crippen LogP contribution in [0.4, 0.5) is 5.13 Å². The molecule has 1 heterocycles. The van der Waals surface area contributed by atoms with E-state index in [1.807, 2.05) is 0 Å². The number of hydrogen-bond acceptors (Lipinski definition) is 5. The molecule has 1 fully saturated rings. The summed E-state index contributed by atoms with van der Waals surface area (Å²) in [4.78, 5) is 18.7. The Balaban J connectivity index is 2.11. The number of methoxy groups -OCH3 is 1. The first-order chi connectivity index (χ1) is 8.76. The minimum Gasteiger partial charge on any atom is -0.465 e. The second kappa shape index (κ2) is 6.18. The lowest BCUT2D eigenvalue weighted by Gasteiger charge is -2.33. The summed E-state index contributed by atoms with van der Waals surface area (Å²) in [6, 6.07) is 0.584. The molecule has 1 aromatic rings. The van der Waals surface area contributed by atoms with E-state index >= 15 is 0 Å². The molecule has 0 spiro atoms. The molecular weight excluding hydrogens is 248 g/mol. The molecule has 0 aliphatic heterocycles. The second-order valence-corrected chi connectivity index (χ2v) is 5.59. The maximum atomic E-state index is 11.4. The van der Waals surface area contributed by atoms with Gasteiger partial charge in [0.1, 0.15) is 4.88 Å². The van der Waals surface area contributed by atoms with E-state index in [1.165, 1.54) is 50.6 Å². The number of hydrogen-bond donors (Lipinski definition) is 0. The molecule has 0 radical (unpaired) electrons. The molecule has 0 unspecified atom stereocenters. The summed E-state index contributed by atoms with van der Waals surface area (Å²) in [5.41, 5.74) is 0. The Labute approximate surface area is 112 Å². The number of carbonyl (C=O) groups excluding carboxylic acids is 1. The minimum absolute atomic E-state index is 0.293. The predicted octanol–water partition coefficient (Wildman–Crippen LogP) is 3.09. The van der Waals surface area contributed by atoms with E-state index in [0.717, 1.165) is 11.7 Å². The number of nitrogens with zero attached hydrogens (tertiary/aromatic N) is 2. The van der Waals surface area contributed by atoms with Crippen molar-refractivity contribution in [3.63, 3.8) is 0 Å². The van der Waals surface area contributed by atoms with Gasteiger partial charge in [0.25, 0.3) is 0 Å². The standard InChI is InChI=1S/C13H20N2O2S/c1-3-15(10-7-5-4-6-8-10)13-14-9-11(18-13)12(16)17-2/h9-10H,3-8H2,1-2H3. The maximum absolute atomic E-state index is 11.4. The van der Waals surface area contributed by atoms with Gasteiger partial charge in [0.15, 0.2) is 5.13 Å². The van der Waals surface area contributed by atoms with Crippen molar-refractivity contribution in [2.75, 3.05) is 18.6 Å². The molecule has 0 atom stereocenters. The van der Waals surface area contributed by atoms with Crippen LogP contribution in [0, 0.1) is 0 Å². The zero-order valence-corrected chi connectivity index (χ0v) is 11.8. The van der Waals surface area contributed by atoms with E-state index in [4.69, 9.17) is 4.74 Å². The number of carbonyl (C=O) groups is 1. The first-order valence-corrected chi connectivity index (χ1v) is 7.38. The molecule has 0 bridgehead atoms. The lowest BCUT2D eigenvalue weighted by atomic mass is 9.94. The van der Waals surface area contributed by atoms with Gasteiger partial charge in [-0.1, -0.05) is 30.6 Å². The smallest absolute Gasteiger partial charge is 0.349 e. The molecular formula is C13H20N2O2S. The largest absolute Gasteiger partial charge is 0.465 e. The van der Waals surface area contributed by atoms with Crippen molar-refractivity contribution >= 4 is 22.4 Å². The molecule has 2 rings (SSSR count). The van der Waals surface area contributed by atoms with E-state index in [9.17, 15) is 4.79 Å². The van der Waals surface area contributed by atoms with Gasteiger partial charge in [-0.2, -0.15) is 0 Å². The average Bonchev–Trinajstić information content (AvgIpc) is 2.89. The fourth-order valence-corrected chi connectivity index (χ4v) is 3.50. The minimum atomic E-state index is -0.293. The van der Waals surface area contributed by atoms with Gasteiger partial charge >= 0.3 is 5.97 Å². The Kier molecular flexibility index (Phi) is 4.58.